The Morgan fingerprint density at radius 2 is 1.87 bits per heavy atom. The molecule has 2 aromatic carbocycles. The van der Waals surface area contributed by atoms with E-state index in [1.165, 1.54) is 18.1 Å². The lowest BCUT2D eigenvalue weighted by Gasteiger charge is -2.22. The summed E-state index contributed by atoms with van der Waals surface area (Å²) in [5.74, 6) is 1.72. The van der Waals surface area contributed by atoms with E-state index in [4.69, 9.17) is 13.9 Å². The number of nitrogens with one attached hydrogen (secondary N) is 2. The zero-order valence-electron chi connectivity index (χ0n) is 23.0. The fourth-order valence-corrected chi connectivity index (χ4v) is 5.80. The van der Waals surface area contributed by atoms with Gasteiger partial charge >= 0.3 is 0 Å². The lowest BCUT2D eigenvalue weighted by Crippen LogP contribution is -2.37. The van der Waals surface area contributed by atoms with Crippen LogP contribution in [0.2, 0.25) is 0 Å². The normalized spacial score (nSPS) is 17.6. The summed E-state index contributed by atoms with van der Waals surface area (Å²) in [5, 5.41) is 4.08. The number of aromatic nitrogens is 1. The molecule has 2 aromatic heterocycles. The molecule has 204 valence electrons. The van der Waals surface area contributed by atoms with E-state index in [1.807, 2.05) is 12.1 Å². The number of fused-ring (bicyclic) bond motifs is 1. The fourth-order valence-electron chi connectivity index (χ4n) is 5.80. The number of aryl methyl sites for hydroxylation is 1. The van der Waals surface area contributed by atoms with Crippen molar-refractivity contribution < 1.29 is 23.5 Å². The van der Waals surface area contributed by atoms with Gasteiger partial charge in [0.25, 0.3) is 0 Å². The second-order valence-electron chi connectivity index (χ2n) is 10.8. The minimum atomic E-state index is -0.322. The number of H-pyrrole nitrogens is 1. The molecule has 4 aromatic rings. The summed E-state index contributed by atoms with van der Waals surface area (Å²) in [6.07, 6.45) is 1.91. The van der Waals surface area contributed by atoms with Gasteiger partial charge in [0.15, 0.2) is 0 Å². The molecule has 0 radical (unpaired) electrons. The average Bonchev–Trinajstić information content (AvgIpc) is 3.29. The number of anilines is 1. The molecule has 2 heterocycles. The highest BCUT2D eigenvalue weighted by Crippen LogP contribution is 2.67. The standard InChI is InChI=1S/C31H35N3O5/c1-19-29(22-10-6-7-11-24(22)32-19)30-23(31(30,2)3)16-28(36)34(17-21-9-8-14-39-21)18-27(35)33-25-13-12-20(37-4)15-26(25)38-5/h6-15,23,30,32H,16-18H2,1-5H3,(H,33,35). The van der Waals surface area contributed by atoms with Gasteiger partial charge in [-0.2, -0.15) is 0 Å². The first-order chi connectivity index (χ1) is 18.7. The topological polar surface area (TPSA) is 96.8 Å². The predicted octanol–water partition coefficient (Wildman–Crippen LogP) is 5.88. The van der Waals surface area contributed by atoms with E-state index >= 15 is 0 Å². The van der Waals surface area contributed by atoms with Crippen LogP contribution >= 0.6 is 0 Å². The van der Waals surface area contributed by atoms with Gasteiger partial charge in [0, 0.05) is 29.1 Å². The summed E-state index contributed by atoms with van der Waals surface area (Å²) < 4.78 is 16.2. The van der Waals surface area contributed by atoms with Crippen LogP contribution in [-0.4, -0.2) is 42.5 Å². The van der Waals surface area contributed by atoms with Crippen molar-refractivity contribution in [2.45, 2.75) is 39.7 Å². The molecule has 2 N–H and O–H groups in total. The molecule has 1 aliphatic carbocycles. The van der Waals surface area contributed by atoms with Crippen LogP contribution in [0.4, 0.5) is 5.69 Å². The molecule has 0 spiro atoms. The number of methoxy groups -OCH3 is 2. The van der Waals surface area contributed by atoms with Crippen LogP contribution in [-0.2, 0) is 16.1 Å². The molecule has 0 aliphatic heterocycles. The van der Waals surface area contributed by atoms with Gasteiger partial charge in [0.05, 0.1) is 32.7 Å². The van der Waals surface area contributed by atoms with E-state index in [9.17, 15) is 9.59 Å². The van der Waals surface area contributed by atoms with Crippen LogP contribution in [0.3, 0.4) is 0 Å². The van der Waals surface area contributed by atoms with Crippen LogP contribution in [0, 0.1) is 18.3 Å². The number of para-hydroxylation sites is 1. The quantitative estimate of drug-likeness (QED) is 0.267. The number of rotatable bonds is 10. The van der Waals surface area contributed by atoms with Gasteiger partial charge in [-0.3, -0.25) is 9.59 Å². The number of nitrogens with zero attached hydrogens (tertiary/aromatic N) is 1. The van der Waals surface area contributed by atoms with Crippen LogP contribution in [0.5, 0.6) is 11.5 Å². The number of hydrogen-bond donors (Lipinski definition) is 2. The third-order valence-electron chi connectivity index (χ3n) is 8.00. The predicted molar refractivity (Wildman–Crippen MR) is 150 cm³/mol. The Hall–Kier alpha value is -4.20. The number of carbonyl (C=O) groups is 2. The van der Waals surface area contributed by atoms with Gasteiger partial charge in [0.2, 0.25) is 11.8 Å². The largest absolute Gasteiger partial charge is 0.497 e. The summed E-state index contributed by atoms with van der Waals surface area (Å²) >= 11 is 0. The highest BCUT2D eigenvalue weighted by atomic mass is 16.5. The zero-order valence-corrected chi connectivity index (χ0v) is 23.0. The lowest BCUT2D eigenvalue weighted by molar-refractivity contribution is -0.136. The first kappa shape index (κ1) is 26.4. The van der Waals surface area contributed by atoms with E-state index in [-0.39, 0.29) is 42.2 Å². The van der Waals surface area contributed by atoms with Crippen molar-refractivity contribution in [1.29, 1.82) is 0 Å². The highest BCUT2D eigenvalue weighted by Gasteiger charge is 2.59. The minimum absolute atomic E-state index is 0.0412. The number of ether oxygens (including phenoxy) is 2. The van der Waals surface area contributed by atoms with Crippen molar-refractivity contribution in [2.75, 3.05) is 26.1 Å². The second-order valence-corrected chi connectivity index (χ2v) is 10.8. The van der Waals surface area contributed by atoms with E-state index in [1.54, 1.807) is 42.5 Å². The van der Waals surface area contributed by atoms with Gasteiger partial charge in [0.1, 0.15) is 23.8 Å². The Morgan fingerprint density at radius 1 is 1.08 bits per heavy atom. The first-order valence-corrected chi connectivity index (χ1v) is 13.1. The summed E-state index contributed by atoms with van der Waals surface area (Å²) in [6.45, 7) is 6.64. The second kappa shape index (κ2) is 10.5. The number of carbonyl (C=O) groups excluding carboxylic acids is 2. The molecule has 2 unspecified atom stereocenters. The molecule has 2 atom stereocenters. The SMILES string of the molecule is COc1ccc(NC(=O)CN(Cc2ccco2)C(=O)CC2C(c3c(C)[nH]c4ccccc34)C2(C)C)c(OC)c1. The number of benzene rings is 2. The van der Waals surface area contributed by atoms with Crippen LogP contribution in [0.25, 0.3) is 10.9 Å². The molecule has 39 heavy (non-hydrogen) atoms. The first-order valence-electron chi connectivity index (χ1n) is 13.1. The van der Waals surface area contributed by atoms with Crippen molar-refractivity contribution in [3.8, 4) is 11.5 Å². The van der Waals surface area contributed by atoms with Crippen LogP contribution in [0.15, 0.2) is 65.3 Å². The third-order valence-corrected chi connectivity index (χ3v) is 8.00. The Bertz CT molecular complexity index is 1490. The molecule has 8 nitrogen and oxygen atoms in total. The number of aromatic amines is 1. The van der Waals surface area contributed by atoms with E-state index in [0.717, 1.165) is 11.2 Å². The Labute approximate surface area is 228 Å². The molecule has 8 heteroatoms. The van der Waals surface area contributed by atoms with Crippen molar-refractivity contribution in [3.63, 3.8) is 0 Å². The molecule has 1 saturated carbocycles. The maximum Gasteiger partial charge on any atom is 0.244 e. The molecule has 1 fully saturated rings. The molecule has 2 amide bonds. The van der Waals surface area contributed by atoms with Crippen molar-refractivity contribution in [2.24, 2.45) is 11.3 Å². The van der Waals surface area contributed by atoms with Crippen molar-refractivity contribution in [3.05, 3.63) is 77.9 Å². The summed E-state index contributed by atoms with van der Waals surface area (Å²) in [7, 11) is 3.09. The smallest absolute Gasteiger partial charge is 0.244 e. The fraction of sp³-hybridized carbons (Fsp3) is 0.355. The van der Waals surface area contributed by atoms with Crippen molar-refractivity contribution >= 4 is 28.4 Å². The van der Waals surface area contributed by atoms with Gasteiger partial charge in [-0.05, 0) is 60.1 Å². The molecular weight excluding hydrogens is 494 g/mol. The van der Waals surface area contributed by atoms with Gasteiger partial charge in [-0.15, -0.1) is 0 Å². The Kier molecular flexibility index (Phi) is 7.12. The molecule has 0 bridgehead atoms. The summed E-state index contributed by atoms with van der Waals surface area (Å²) in [5.41, 5.74) is 4.01. The highest BCUT2D eigenvalue weighted by molar-refractivity contribution is 5.96. The summed E-state index contributed by atoms with van der Waals surface area (Å²) in [4.78, 5) is 31.9. The van der Waals surface area contributed by atoms with E-state index in [0.29, 0.717) is 29.4 Å². The van der Waals surface area contributed by atoms with Crippen LogP contribution in [0.1, 0.15) is 43.2 Å². The summed E-state index contributed by atoms with van der Waals surface area (Å²) in [6, 6.07) is 17.1. The van der Waals surface area contributed by atoms with Crippen LogP contribution < -0.4 is 14.8 Å². The average molecular weight is 530 g/mol. The Balaban J connectivity index is 1.33. The number of hydrogen-bond acceptors (Lipinski definition) is 5. The number of amides is 2. The minimum Gasteiger partial charge on any atom is -0.497 e. The zero-order chi connectivity index (χ0) is 27.7. The molecule has 5 rings (SSSR count). The lowest BCUT2D eigenvalue weighted by atomic mass is 10.0. The van der Waals surface area contributed by atoms with E-state index < -0.39 is 0 Å². The maximum absolute atomic E-state index is 13.7. The van der Waals surface area contributed by atoms with Gasteiger partial charge < -0.3 is 29.1 Å². The number of furan rings is 1. The molecule has 0 saturated heterocycles. The molecular formula is C31H35N3O5. The van der Waals surface area contributed by atoms with E-state index in [2.05, 4.69) is 49.3 Å². The third kappa shape index (κ3) is 5.24. The van der Waals surface area contributed by atoms with Gasteiger partial charge in [-0.1, -0.05) is 32.0 Å². The van der Waals surface area contributed by atoms with Crippen molar-refractivity contribution in [1.82, 2.24) is 9.88 Å². The molecule has 1 aliphatic rings. The van der Waals surface area contributed by atoms with Gasteiger partial charge in [-0.25, -0.2) is 0 Å². The monoisotopic (exact) mass is 529 g/mol. The maximum atomic E-state index is 13.7. The Morgan fingerprint density at radius 3 is 2.59 bits per heavy atom.